The van der Waals surface area contributed by atoms with E-state index in [1.54, 1.807) is 22.8 Å². The molecule has 3 heterocycles. The van der Waals surface area contributed by atoms with Crippen LogP contribution in [0.4, 0.5) is 0 Å². The average Bonchev–Trinajstić information content (AvgIpc) is 3.27. The Balaban J connectivity index is 1.36. The molecule has 2 aromatic rings. The van der Waals surface area contributed by atoms with Crippen LogP contribution in [-0.4, -0.2) is 54.3 Å². The van der Waals surface area contributed by atoms with Gasteiger partial charge in [0.15, 0.2) is 0 Å². The number of amides is 2. The first-order valence-corrected chi connectivity index (χ1v) is 10.3. The number of carbonyl (C=O) groups excluding carboxylic acids is 2. The predicted molar refractivity (Wildman–Crippen MR) is 102 cm³/mol. The molecule has 1 aliphatic heterocycles. The van der Waals surface area contributed by atoms with Crippen LogP contribution in [0.15, 0.2) is 29.0 Å². The van der Waals surface area contributed by atoms with Crippen molar-refractivity contribution in [2.45, 2.75) is 13.0 Å². The van der Waals surface area contributed by atoms with Crippen LogP contribution in [0.3, 0.4) is 0 Å². The Labute approximate surface area is 160 Å². The van der Waals surface area contributed by atoms with Gasteiger partial charge < -0.3 is 10.2 Å². The summed E-state index contributed by atoms with van der Waals surface area (Å²) >= 11 is 9.05. The van der Waals surface area contributed by atoms with Gasteiger partial charge in [0.25, 0.3) is 5.91 Å². The van der Waals surface area contributed by atoms with E-state index in [0.29, 0.717) is 18.5 Å². The van der Waals surface area contributed by atoms with Crippen molar-refractivity contribution in [3.63, 3.8) is 0 Å². The molecule has 0 aromatic carbocycles. The van der Waals surface area contributed by atoms with Crippen molar-refractivity contribution < 1.29 is 9.59 Å². The summed E-state index contributed by atoms with van der Waals surface area (Å²) in [6.07, 6.45) is 0.344. The highest BCUT2D eigenvalue weighted by Gasteiger charge is 2.21. The average molecular weight is 398 g/mol. The maximum Gasteiger partial charge on any atom is 0.252 e. The van der Waals surface area contributed by atoms with Crippen molar-refractivity contribution in [1.82, 2.24) is 15.1 Å². The number of hydrogen-bond acceptors (Lipinski definition) is 5. The van der Waals surface area contributed by atoms with Gasteiger partial charge in [0.1, 0.15) is 0 Å². The summed E-state index contributed by atoms with van der Waals surface area (Å²) in [5.41, 5.74) is 0.653. The van der Waals surface area contributed by atoms with Crippen LogP contribution < -0.4 is 5.32 Å². The van der Waals surface area contributed by atoms with E-state index in [4.69, 9.17) is 11.6 Å². The number of nitrogens with one attached hydrogen (secondary N) is 1. The Morgan fingerprint density at radius 2 is 1.96 bits per heavy atom. The third-order valence-electron chi connectivity index (χ3n) is 4.14. The minimum absolute atomic E-state index is 0.101. The molecule has 1 N–H and O–H groups in total. The fraction of sp³-hybridized carbons (Fsp3) is 0.412. The number of thiophene rings is 2. The second-order valence-corrected chi connectivity index (χ2v) is 8.46. The van der Waals surface area contributed by atoms with E-state index >= 15 is 0 Å². The third kappa shape index (κ3) is 5.28. The van der Waals surface area contributed by atoms with Gasteiger partial charge in [-0.15, -0.1) is 11.3 Å². The lowest BCUT2D eigenvalue weighted by Crippen LogP contribution is -2.48. The van der Waals surface area contributed by atoms with Gasteiger partial charge in [-0.05, 0) is 23.6 Å². The Morgan fingerprint density at radius 1 is 1.16 bits per heavy atom. The van der Waals surface area contributed by atoms with Crippen LogP contribution in [0.5, 0.6) is 0 Å². The molecule has 2 aromatic heterocycles. The van der Waals surface area contributed by atoms with Crippen molar-refractivity contribution >= 4 is 46.1 Å². The molecule has 1 aliphatic rings. The van der Waals surface area contributed by atoms with Crippen molar-refractivity contribution in [3.05, 3.63) is 43.7 Å². The third-order valence-corrected chi connectivity index (χ3v) is 6.04. The first kappa shape index (κ1) is 18.4. The zero-order valence-electron chi connectivity index (χ0n) is 13.7. The van der Waals surface area contributed by atoms with Gasteiger partial charge in [0.05, 0.1) is 4.34 Å². The van der Waals surface area contributed by atoms with E-state index in [0.717, 1.165) is 37.1 Å². The van der Waals surface area contributed by atoms with E-state index in [2.05, 4.69) is 16.3 Å². The fourth-order valence-electron chi connectivity index (χ4n) is 2.75. The minimum Gasteiger partial charge on any atom is -0.351 e. The highest BCUT2D eigenvalue weighted by Crippen LogP contribution is 2.23. The summed E-state index contributed by atoms with van der Waals surface area (Å²) in [7, 11) is 0. The maximum atomic E-state index is 12.3. The standard InChI is InChI=1S/C17H20ClN3O2S2/c18-15-2-1-14(25-15)11-20-6-8-21(9-7-20)16(22)3-5-19-17(23)13-4-10-24-12-13/h1-2,4,10,12H,3,5-9,11H2,(H,19,23). The van der Waals surface area contributed by atoms with Crippen LogP contribution in [0, 0.1) is 0 Å². The zero-order chi connectivity index (χ0) is 17.6. The Kier molecular flexibility index (Phi) is 6.47. The molecule has 3 rings (SSSR count). The fourth-order valence-corrected chi connectivity index (χ4v) is 4.52. The maximum absolute atomic E-state index is 12.3. The number of halogens is 1. The van der Waals surface area contributed by atoms with Crippen molar-refractivity contribution in [1.29, 1.82) is 0 Å². The Morgan fingerprint density at radius 3 is 2.60 bits per heavy atom. The monoisotopic (exact) mass is 397 g/mol. The molecule has 134 valence electrons. The largest absolute Gasteiger partial charge is 0.351 e. The van der Waals surface area contributed by atoms with Gasteiger partial charge in [-0.1, -0.05) is 11.6 Å². The molecule has 0 unspecified atom stereocenters. The molecule has 0 saturated carbocycles. The summed E-state index contributed by atoms with van der Waals surface area (Å²) in [5, 5.41) is 6.47. The molecule has 2 amide bonds. The van der Waals surface area contributed by atoms with Gasteiger partial charge >= 0.3 is 0 Å². The van der Waals surface area contributed by atoms with Crippen LogP contribution in [0.25, 0.3) is 0 Å². The smallest absolute Gasteiger partial charge is 0.252 e. The summed E-state index contributed by atoms with van der Waals surface area (Å²) in [6, 6.07) is 5.76. The highest BCUT2D eigenvalue weighted by atomic mass is 35.5. The van der Waals surface area contributed by atoms with Gasteiger partial charge in [-0.3, -0.25) is 14.5 Å². The molecule has 5 nitrogen and oxygen atoms in total. The lowest BCUT2D eigenvalue weighted by Gasteiger charge is -2.34. The predicted octanol–water partition coefficient (Wildman–Crippen LogP) is 2.93. The molecule has 1 saturated heterocycles. The van der Waals surface area contributed by atoms with Crippen molar-refractivity contribution in [2.75, 3.05) is 32.7 Å². The van der Waals surface area contributed by atoms with E-state index in [9.17, 15) is 9.59 Å². The molecule has 1 fully saturated rings. The topological polar surface area (TPSA) is 52.7 Å². The van der Waals surface area contributed by atoms with E-state index in [1.165, 1.54) is 16.2 Å². The molecule has 0 aliphatic carbocycles. The van der Waals surface area contributed by atoms with Gasteiger partial charge in [-0.25, -0.2) is 0 Å². The van der Waals surface area contributed by atoms with Gasteiger partial charge in [0.2, 0.25) is 5.91 Å². The summed E-state index contributed by atoms with van der Waals surface area (Å²) < 4.78 is 0.813. The Hall–Kier alpha value is -1.41. The number of rotatable bonds is 6. The van der Waals surface area contributed by atoms with Crippen molar-refractivity contribution in [2.24, 2.45) is 0 Å². The van der Waals surface area contributed by atoms with Crippen LogP contribution in [-0.2, 0) is 11.3 Å². The molecule has 0 radical (unpaired) electrons. The van der Waals surface area contributed by atoms with Crippen LogP contribution >= 0.6 is 34.3 Å². The van der Waals surface area contributed by atoms with Crippen molar-refractivity contribution in [3.8, 4) is 0 Å². The molecular weight excluding hydrogens is 378 g/mol. The van der Waals surface area contributed by atoms with Gasteiger partial charge in [-0.2, -0.15) is 11.3 Å². The Bertz CT molecular complexity index is 709. The summed E-state index contributed by atoms with van der Waals surface area (Å²) in [6.45, 7) is 4.45. The second kappa shape index (κ2) is 8.80. The summed E-state index contributed by atoms with van der Waals surface area (Å²) in [5.74, 6) is -0.0158. The molecule has 8 heteroatoms. The van der Waals surface area contributed by atoms with Crippen LogP contribution in [0.1, 0.15) is 21.7 Å². The molecule has 0 bridgehead atoms. The van der Waals surface area contributed by atoms with Gasteiger partial charge in [0, 0.05) is 61.5 Å². The second-order valence-electron chi connectivity index (χ2n) is 5.88. The quantitative estimate of drug-likeness (QED) is 0.815. The van der Waals surface area contributed by atoms with E-state index in [-0.39, 0.29) is 11.8 Å². The number of piperazine rings is 1. The molecule has 0 atom stereocenters. The normalized spacial score (nSPS) is 15.3. The molecular formula is C17H20ClN3O2S2. The lowest BCUT2D eigenvalue weighted by atomic mass is 10.2. The van der Waals surface area contributed by atoms with E-state index < -0.39 is 0 Å². The first-order valence-electron chi connectivity index (χ1n) is 8.16. The summed E-state index contributed by atoms with van der Waals surface area (Å²) in [4.78, 5) is 29.6. The lowest BCUT2D eigenvalue weighted by molar-refractivity contribution is -0.132. The number of hydrogen-bond donors (Lipinski definition) is 1. The molecule has 25 heavy (non-hydrogen) atoms. The number of carbonyl (C=O) groups is 2. The minimum atomic E-state index is -0.117. The first-order chi connectivity index (χ1) is 12.1. The van der Waals surface area contributed by atoms with E-state index in [1.807, 2.05) is 16.3 Å². The molecule has 0 spiro atoms. The highest BCUT2D eigenvalue weighted by molar-refractivity contribution is 7.16. The SMILES string of the molecule is O=C(NCCC(=O)N1CCN(Cc2ccc(Cl)s2)CC1)c1ccsc1. The zero-order valence-corrected chi connectivity index (χ0v) is 16.1. The van der Waals surface area contributed by atoms with Crippen LogP contribution in [0.2, 0.25) is 4.34 Å². The number of nitrogens with zero attached hydrogens (tertiary/aromatic N) is 2.